The first-order valence-electron chi connectivity index (χ1n) is 5.08. The zero-order chi connectivity index (χ0) is 12.2. The minimum Gasteiger partial charge on any atom is -0.453 e. The van der Waals surface area contributed by atoms with Gasteiger partial charge in [-0.05, 0) is 5.41 Å². The van der Waals surface area contributed by atoms with Crippen LogP contribution < -0.4 is 5.32 Å². The third kappa shape index (κ3) is 4.32. The average molecular weight is 215 g/mol. The highest BCUT2D eigenvalue weighted by Crippen LogP contribution is 2.22. The number of hydrogen-bond donors (Lipinski definition) is 1. The molecule has 1 N–H and O–H groups in total. The summed E-state index contributed by atoms with van der Waals surface area (Å²) in [4.78, 5) is 23.0. The van der Waals surface area contributed by atoms with Crippen molar-refractivity contribution in [1.82, 2.24) is 5.32 Å². The number of ether oxygens (including phenoxy) is 1. The summed E-state index contributed by atoms with van der Waals surface area (Å²) in [7, 11) is 1.29. The average Bonchev–Trinajstić information content (AvgIpc) is 2.10. The van der Waals surface area contributed by atoms with Crippen LogP contribution in [0.2, 0.25) is 0 Å². The lowest BCUT2D eigenvalue weighted by Gasteiger charge is -2.30. The first kappa shape index (κ1) is 13.9. The molecule has 0 aliphatic rings. The van der Waals surface area contributed by atoms with Gasteiger partial charge in [0.15, 0.2) is 5.78 Å². The molecule has 1 unspecified atom stereocenters. The first-order chi connectivity index (χ1) is 6.70. The summed E-state index contributed by atoms with van der Waals surface area (Å²) in [6, 6.07) is -0.509. The van der Waals surface area contributed by atoms with Crippen molar-refractivity contribution >= 4 is 11.9 Å². The molecular weight excluding hydrogens is 194 g/mol. The van der Waals surface area contributed by atoms with E-state index in [9.17, 15) is 9.59 Å². The third-order valence-electron chi connectivity index (χ3n) is 2.17. The molecule has 0 aliphatic heterocycles. The molecule has 4 heteroatoms. The second kappa shape index (κ2) is 5.14. The molecule has 0 spiro atoms. The molecule has 0 fully saturated rings. The molecule has 88 valence electrons. The van der Waals surface area contributed by atoms with Gasteiger partial charge in [-0.2, -0.15) is 0 Å². The Morgan fingerprint density at radius 2 is 1.67 bits per heavy atom. The fourth-order valence-electron chi connectivity index (χ4n) is 1.22. The molecule has 15 heavy (non-hydrogen) atoms. The van der Waals surface area contributed by atoms with Crippen LogP contribution in [-0.4, -0.2) is 25.0 Å². The third-order valence-corrected chi connectivity index (χ3v) is 2.17. The van der Waals surface area contributed by atoms with E-state index in [-0.39, 0.29) is 17.1 Å². The first-order valence-corrected chi connectivity index (χ1v) is 5.08. The molecular formula is C11H21NO3. The summed E-state index contributed by atoms with van der Waals surface area (Å²) in [5.41, 5.74) is -0.310. The molecule has 4 nitrogen and oxygen atoms in total. The van der Waals surface area contributed by atoms with Crippen molar-refractivity contribution in [2.24, 2.45) is 11.3 Å². The van der Waals surface area contributed by atoms with Crippen LogP contribution in [-0.2, 0) is 9.53 Å². The van der Waals surface area contributed by atoms with Gasteiger partial charge in [0.05, 0.1) is 13.2 Å². The van der Waals surface area contributed by atoms with Crippen LogP contribution in [0.4, 0.5) is 4.79 Å². The number of Topliss-reactive ketones (excluding diaryl/α,β-unsaturated/α-hetero) is 1. The van der Waals surface area contributed by atoms with Gasteiger partial charge in [-0.3, -0.25) is 4.79 Å². The van der Waals surface area contributed by atoms with Gasteiger partial charge in [0.1, 0.15) is 0 Å². The lowest BCUT2D eigenvalue weighted by Crippen LogP contribution is -2.50. The van der Waals surface area contributed by atoms with Crippen molar-refractivity contribution < 1.29 is 14.3 Å². The van der Waals surface area contributed by atoms with Gasteiger partial charge >= 0.3 is 6.09 Å². The van der Waals surface area contributed by atoms with Gasteiger partial charge in [-0.15, -0.1) is 0 Å². The Morgan fingerprint density at radius 3 is 1.93 bits per heavy atom. The van der Waals surface area contributed by atoms with E-state index in [1.54, 1.807) is 0 Å². The van der Waals surface area contributed by atoms with E-state index in [1.165, 1.54) is 7.11 Å². The quantitative estimate of drug-likeness (QED) is 0.783. The summed E-state index contributed by atoms with van der Waals surface area (Å²) in [6.07, 6.45) is -0.566. The van der Waals surface area contributed by atoms with E-state index in [2.05, 4.69) is 10.1 Å². The number of ketones is 1. The van der Waals surface area contributed by atoms with E-state index in [4.69, 9.17) is 0 Å². The highest BCUT2D eigenvalue weighted by Gasteiger charge is 2.33. The monoisotopic (exact) mass is 215 g/mol. The summed E-state index contributed by atoms with van der Waals surface area (Å²) in [6.45, 7) is 9.37. The van der Waals surface area contributed by atoms with Gasteiger partial charge in [0.25, 0.3) is 0 Å². The zero-order valence-corrected chi connectivity index (χ0v) is 10.4. The Bertz CT molecular complexity index is 241. The van der Waals surface area contributed by atoms with Crippen molar-refractivity contribution in [3.05, 3.63) is 0 Å². The topological polar surface area (TPSA) is 55.4 Å². The summed E-state index contributed by atoms with van der Waals surface area (Å²) in [5, 5.41) is 2.58. The second-order valence-corrected chi connectivity index (χ2v) is 4.99. The Hall–Kier alpha value is -1.06. The Morgan fingerprint density at radius 1 is 1.20 bits per heavy atom. The normalized spacial score (nSPS) is 13.5. The van der Waals surface area contributed by atoms with Gasteiger partial charge in [-0.25, -0.2) is 4.79 Å². The Balaban J connectivity index is 4.75. The molecule has 0 bridgehead atoms. The standard InChI is InChI=1S/C11H21NO3/c1-7(2)8(13)9(11(3,4)5)12-10(14)15-6/h7,9H,1-6H3,(H,12,14). The predicted molar refractivity (Wildman–Crippen MR) is 58.6 cm³/mol. The van der Waals surface area contributed by atoms with Gasteiger partial charge in [0, 0.05) is 5.92 Å². The molecule has 0 radical (unpaired) electrons. The maximum absolute atomic E-state index is 11.9. The molecule has 0 saturated carbocycles. The van der Waals surface area contributed by atoms with Crippen molar-refractivity contribution in [3.63, 3.8) is 0 Å². The summed E-state index contributed by atoms with van der Waals surface area (Å²) >= 11 is 0. The van der Waals surface area contributed by atoms with Crippen molar-refractivity contribution in [1.29, 1.82) is 0 Å². The number of hydrogen-bond acceptors (Lipinski definition) is 3. The van der Waals surface area contributed by atoms with Crippen LogP contribution in [0.25, 0.3) is 0 Å². The van der Waals surface area contributed by atoms with E-state index >= 15 is 0 Å². The summed E-state index contributed by atoms with van der Waals surface area (Å²) < 4.78 is 4.50. The number of alkyl carbamates (subject to hydrolysis) is 1. The van der Waals surface area contributed by atoms with Crippen molar-refractivity contribution in [2.75, 3.05) is 7.11 Å². The van der Waals surface area contributed by atoms with E-state index in [0.717, 1.165) is 0 Å². The highest BCUT2D eigenvalue weighted by molar-refractivity contribution is 5.89. The number of carbonyl (C=O) groups excluding carboxylic acids is 2. The number of carbonyl (C=O) groups is 2. The van der Waals surface area contributed by atoms with Crippen LogP contribution in [0, 0.1) is 11.3 Å². The lowest BCUT2D eigenvalue weighted by molar-refractivity contribution is -0.126. The highest BCUT2D eigenvalue weighted by atomic mass is 16.5. The molecule has 1 amide bonds. The van der Waals surface area contributed by atoms with Gasteiger partial charge in [-0.1, -0.05) is 34.6 Å². The number of methoxy groups -OCH3 is 1. The van der Waals surface area contributed by atoms with Gasteiger partial charge in [0.2, 0.25) is 0 Å². The SMILES string of the molecule is COC(=O)NC(C(=O)C(C)C)C(C)(C)C. The minimum atomic E-state index is -0.566. The number of amides is 1. The van der Waals surface area contributed by atoms with Crippen LogP contribution in [0.5, 0.6) is 0 Å². The summed E-state index contributed by atoms with van der Waals surface area (Å²) in [5.74, 6) is -0.0840. The number of rotatable bonds is 3. The largest absolute Gasteiger partial charge is 0.453 e. The molecule has 0 rings (SSSR count). The van der Waals surface area contributed by atoms with Crippen LogP contribution >= 0.6 is 0 Å². The molecule has 0 heterocycles. The van der Waals surface area contributed by atoms with Crippen molar-refractivity contribution in [2.45, 2.75) is 40.7 Å². The Labute approximate surface area is 91.4 Å². The molecule has 0 aromatic rings. The fraction of sp³-hybridized carbons (Fsp3) is 0.818. The minimum absolute atomic E-state index is 0.0212. The Kier molecular flexibility index (Phi) is 4.78. The molecule has 0 aromatic heterocycles. The number of nitrogens with one attached hydrogen (secondary N) is 1. The molecule has 0 saturated heterocycles. The molecule has 1 atom stereocenters. The maximum atomic E-state index is 11.9. The lowest BCUT2D eigenvalue weighted by atomic mass is 9.81. The second-order valence-electron chi connectivity index (χ2n) is 4.99. The predicted octanol–water partition coefficient (Wildman–Crippen LogP) is 1.98. The van der Waals surface area contributed by atoms with Crippen molar-refractivity contribution in [3.8, 4) is 0 Å². The zero-order valence-electron chi connectivity index (χ0n) is 10.4. The fourth-order valence-corrected chi connectivity index (χ4v) is 1.22. The molecule has 0 aromatic carbocycles. The van der Waals surface area contributed by atoms with Gasteiger partial charge < -0.3 is 10.1 Å². The van der Waals surface area contributed by atoms with E-state index in [0.29, 0.717) is 0 Å². The molecule has 0 aliphatic carbocycles. The van der Waals surface area contributed by atoms with E-state index in [1.807, 2.05) is 34.6 Å². The van der Waals surface area contributed by atoms with E-state index < -0.39 is 12.1 Å². The maximum Gasteiger partial charge on any atom is 0.407 e. The van der Waals surface area contributed by atoms with Crippen LogP contribution in [0.15, 0.2) is 0 Å². The smallest absolute Gasteiger partial charge is 0.407 e. The van der Waals surface area contributed by atoms with Crippen LogP contribution in [0.1, 0.15) is 34.6 Å². The van der Waals surface area contributed by atoms with Crippen LogP contribution in [0.3, 0.4) is 0 Å².